The molecule has 2 aromatic rings. The van der Waals surface area contributed by atoms with Crippen LogP contribution in [0.1, 0.15) is 5.56 Å². The van der Waals surface area contributed by atoms with E-state index in [0.29, 0.717) is 6.54 Å². The van der Waals surface area contributed by atoms with E-state index in [4.69, 9.17) is 5.41 Å². The van der Waals surface area contributed by atoms with Gasteiger partial charge in [0.05, 0.1) is 6.54 Å². The lowest BCUT2D eigenvalue weighted by atomic mass is 10.2. The first-order valence-electron chi connectivity index (χ1n) is 4.46. The fourth-order valence-electron chi connectivity index (χ4n) is 1.31. The van der Waals surface area contributed by atoms with Gasteiger partial charge >= 0.3 is 0 Å². The maximum absolute atomic E-state index is 7.57. The minimum atomic E-state index is 0. The Hall–Kier alpha value is -1.61. The van der Waals surface area contributed by atoms with Crippen LogP contribution in [-0.4, -0.2) is 9.55 Å². The third kappa shape index (κ3) is 2.92. The molecule has 78 valence electrons. The molecule has 0 saturated carbocycles. The molecule has 0 radical (unpaired) electrons. The second-order valence-corrected chi connectivity index (χ2v) is 3.06. The smallest absolute Gasteiger partial charge is 0.222 e. The Bertz CT molecular complexity index is 465. The van der Waals surface area contributed by atoms with Gasteiger partial charge in [-0.15, -0.1) is 12.4 Å². The van der Waals surface area contributed by atoms with Crippen molar-refractivity contribution in [1.29, 1.82) is 5.41 Å². The molecular formula is C11H12ClN3. The van der Waals surface area contributed by atoms with Crippen LogP contribution in [-0.2, 0) is 6.54 Å². The highest BCUT2D eigenvalue weighted by Crippen LogP contribution is 1.99. The molecule has 0 atom stereocenters. The minimum absolute atomic E-state index is 0. The average molecular weight is 222 g/mol. The van der Waals surface area contributed by atoms with Gasteiger partial charge in [0.25, 0.3) is 0 Å². The lowest BCUT2D eigenvalue weighted by molar-refractivity contribution is 0.694. The average Bonchev–Trinajstić information content (AvgIpc) is 2.23. The quantitative estimate of drug-likeness (QED) is 0.826. The molecule has 0 bridgehead atoms. The van der Waals surface area contributed by atoms with Gasteiger partial charge in [-0.25, -0.2) is 4.98 Å². The fourth-order valence-corrected chi connectivity index (χ4v) is 1.31. The third-order valence-electron chi connectivity index (χ3n) is 2.02. The molecular weight excluding hydrogens is 210 g/mol. The van der Waals surface area contributed by atoms with Gasteiger partial charge in [0.2, 0.25) is 5.62 Å². The molecule has 0 aliphatic rings. The predicted molar refractivity (Wildman–Crippen MR) is 60.9 cm³/mol. The van der Waals surface area contributed by atoms with E-state index in [1.54, 1.807) is 10.8 Å². The molecule has 2 rings (SSSR count). The van der Waals surface area contributed by atoms with Crippen molar-refractivity contribution in [2.24, 2.45) is 0 Å². The monoisotopic (exact) mass is 221 g/mol. The summed E-state index contributed by atoms with van der Waals surface area (Å²) in [7, 11) is 0. The Morgan fingerprint density at radius 1 is 1.13 bits per heavy atom. The van der Waals surface area contributed by atoms with Crippen molar-refractivity contribution in [3.63, 3.8) is 0 Å². The highest BCUT2D eigenvalue weighted by molar-refractivity contribution is 5.85. The van der Waals surface area contributed by atoms with Crippen LogP contribution in [0.15, 0.2) is 48.8 Å². The van der Waals surface area contributed by atoms with Gasteiger partial charge in [0.15, 0.2) is 0 Å². The predicted octanol–water partition coefficient (Wildman–Crippen LogP) is 1.83. The van der Waals surface area contributed by atoms with Crippen molar-refractivity contribution in [2.45, 2.75) is 6.54 Å². The van der Waals surface area contributed by atoms with Crippen LogP contribution in [0.2, 0.25) is 0 Å². The first-order valence-corrected chi connectivity index (χ1v) is 4.46. The minimum Gasteiger partial charge on any atom is -0.313 e. The van der Waals surface area contributed by atoms with Crippen LogP contribution in [0.4, 0.5) is 0 Å². The van der Waals surface area contributed by atoms with Crippen LogP contribution in [0.3, 0.4) is 0 Å². The van der Waals surface area contributed by atoms with Crippen molar-refractivity contribution in [3.8, 4) is 0 Å². The normalized spacial score (nSPS) is 9.33. The molecule has 0 spiro atoms. The summed E-state index contributed by atoms with van der Waals surface area (Å²) in [6, 6.07) is 11.9. The van der Waals surface area contributed by atoms with Gasteiger partial charge < -0.3 is 4.57 Å². The highest BCUT2D eigenvalue weighted by atomic mass is 35.5. The lowest BCUT2D eigenvalue weighted by Crippen LogP contribution is -2.22. The maximum atomic E-state index is 7.57. The molecule has 15 heavy (non-hydrogen) atoms. The number of aromatic nitrogens is 2. The van der Waals surface area contributed by atoms with E-state index in [1.165, 1.54) is 5.56 Å². The largest absolute Gasteiger partial charge is 0.313 e. The van der Waals surface area contributed by atoms with E-state index in [2.05, 4.69) is 4.98 Å². The second-order valence-electron chi connectivity index (χ2n) is 3.06. The Labute approximate surface area is 94.3 Å². The number of benzene rings is 1. The summed E-state index contributed by atoms with van der Waals surface area (Å²) >= 11 is 0. The Morgan fingerprint density at radius 3 is 2.53 bits per heavy atom. The molecule has 0 unspecified atom stereocenters. The van der Waals surface area contributed by atoms with Crippen LogP contribution in [0.25, 0.3) is 0 Å². The lowest BCUT2D eigenvalue weighted by Gasteiger charge is -2.04. The molecule has 1 aromatic carbocycles. The van der Waals surface area contributed by atoms with E-state index < -0.39 is 0 Å². The van der Waals surface area contributed by atoms with Crippen molar-refractivity contribution < 1.29 is 0 Å². The first-order chi connectivity index (χ1) is 6.86. The molecule has 1 heterocycles. The molecule has 4 heteroatoms. The summed E-state index contributed by atoms with van der Waals surface area (Å²) in [6.07, 6.45) is 3.49. The van der Waals surface area contributed by atoms with Crippen LogP contribution in [0, 0.1) is 5.41 Å². The maximum Gasteiger partial charge on any atom is 0.222 e. The standard InChI is InChI=1S/C11H11N3.ClH/c12-11-13-7-4-8-14(11)9-10-5-2-1-3-6-10;/h1-8,12H,9H2;1H. The zero-order valence-electron chi connectivity index (χ0n) is 8.13. The third-order valence-corrected chi connectivity index (χ3v) is 2.02. The summed E-state index contributed by atoms with van der Waals surface area (Å²) in [4.78, 5) is 3.90. The van der Waals surface area contributed by atoms with Gasteiger partial charge in [-0.05, 0) is 11.6 Å². The fraction of sp³-hybridized carbons (Fsp3) is 0.0909. The Morgan fingerprint density at radius 2 is 1.87 bits per heavy atom. The zero-order chi connectivity index (χ0) is 9.80. The molecule has 1 N–H and O–H groups in total. The van der Waals surface area contributed by atoms with E-state index in [9.17, 15) is 0 Å². The Balaban J connectivity index is 0.00000112. The molecule has 0 aliphatic heterocycles. The van der Waals surface area contributed by atoms with Gasteiger partial charge in [0.1, 0.15) is 0 Å². The van der Waals surface area contributed by atoms with Crippen molar-refractivity contribution in [2.75, 3.05) is 0 Å². The first kappa shape index (κ1) is 11.5. The highest BCUT2D eigenvalue weighted by Gasteiger charge is 1.93. The second kappa shape index (κ2) is 5.32. The summed E-state index contributed by atoms with van der Waals surface area (Å²) in [5.74, 6) is 0. The number of nitrogens with zero attached hydrogens (tertiary/aromatic N) is 2. The summed E-state index contributed by atoms with van der Waals surface area (Å²) in [6.45, 7) is 0.702. The summed E-state index contributed by atoms with van der Waals surface area (Å²) in [5.41, 5.74) is 1.47. The molecule has 1 aromatic heterocycles. The summed E-state index contributed by atoms with van der Waals surface area (Å²) < 4.78 is 1.80. The SMILES string of the molecule is Cl.N=c1ncccn1Cc1ccccc1. The van der Waals surface area contributed by atoms with Gasteiger partial charge in [-0.1, -0.05) is 30.3 Å². The number of hydrogen-bond acceptors (Lipinski definition) is 2. The molecule has 0 fully saturated rings. The van der Waals surface area contributed by atoms with E-state index in [1.807, 2.05) is 42.6 Å². The number of hydrogen-bond donors (Lipinski definition) is 1. The number of nitrogens with one attached hydrogen (secondary N) is 1. The molecule has 0 aliphatic carbocycles. The van der Waals surface area contributed by atoms with Crippen LogP contribution < -0.4 is 5.62 Å². The van der Waals surface area contributed by atoms with Crippen molar-refractivity contribution in [1.82, 2.24) is 9.55 Å². The zero-order valence-corrected chi connectivity index (χ0v) is 8.95. The van der Waals surface area contributed by atoms with Crippen LogP contribution in [0.5, 0.6) is 0 Å². The molecule has 0 amide bonds. The number of halogens is 1. The molecule has 0 saturated heterocycles. The van der Waals surface area contributed by atoms with E-state index in [0.717, 1.165) is 0 Å². The number of rotatable bonds is 2. The van der Waals surface area contributed by atoms with Gasteiger partial charge in [-0.2, -0.15) is 0 Å². The van der Waals surface area contributed by atoms with E-state index >= 15 is 0 Å². The topological polar surface area (TPSA) is 41.7 Å². The Kier molecular flexibility index (Phi) is 4.06. The van der Waals surface area contributed by atoms with Gasteiger partial charge in [-0.3, -0.25) is 5.41 Å². The van der Waals surface area contributed by atoms with Gasteiger partial charge in [0, 0.05) is 12.4 Å². The molecule has 3 nitrogen and oxygen atoms in total. The van der Waals surface area contributed by atoms with Crippen LogP contribution >= 0.6 is 12.4 Å². The summed E-state index contributed by atoms with van der Waals surface area (Å²) in [5, 5.41) is 7.57. The van der Waals surface area contributed by atoms with Crippen molar-refractivity contribution >= 4 is 12.4 Å². The van der Waals surface area contributed by atoms with E-state index in [-0.39, 0.29) is 18.0 Å². The van der Waals surface area contributed by atoms with Crippen molar-refractivity contribution in [3.05, 3.63) is 60.0 Å².